The summed E-state index contributed by atoms with van der Waals surface area (Å²) >= 11 is 0. The fourth-order valence-electron chi connectivity index (χ4n) is 3.45. The quantitative estimate of drug-likeness (QED) is 0.423. The monoisotopic (exact) mass is 376 g/mol. The molecular formula is C21H16N2O5. The van der Waals surface area contributed by atoms with Crippen LogP contribution in [-0.2, 0) is 6.54 Å². The Morgan fingerprint density at radius 2 is 1.75 bits per heavy atom. The molecule has 7 nitrogen and oxygen atoms in total. The standard InChI is InChI=1S/C21H16N2O5/c24-16-6-7-17-12(8-16)2-1-3-14(17)11-23-18-10-15(22-21(27)28)5-4-13(18)9-19(23)20(25)26/h1-10,22,24H,11H2,(H,25,26)(H,27,28). The maximum absolute atomic E-state index is 11.8. The zero-order valence-corrected chi connectivity index (χ0v) is 14.6. The van der Waals surface area contributed by atoms with Crippen LogP contribution in [-0.4, -0.2) is 31.9 Å². The highest BCUT2D eigenvalue weighted by atomic mass is 16.4. The summed E-state index contributed by atoms with van der Waals surface area (Å²) in [7, 11) is 0. The minimum absolute atomic E-state index is 0.109. The summed E-state index contributed by atoms with van der Waals surface area (Å²) in [6, 6.07) is 17.1. The molecule has 140 valence electrons. The molecule has 4 N–H and O–H groups in total. The smallest absolute Gasteiger partial charge is 0.409 e. The van der Waals surface area contributed by atoms with Crippen molar-refractivity contribution < 1.29 is 24.9 Å². The number of nitrogens with zero attached hydrogens (tertiary/aromatic N) is 1. The topological polar surface area (TPSA) is 112 Å². The van der Waals surface area contributed by atoms with Crippen LogP contribution >= 0.6 is 0 Å². The van der Waals surface area contributed by atoms with Crippen molar-refractivity contribution in [1.82, 2.24) is 4.57 Å². The van der Waals surface area contributed by atoms with E-state index in [1.165, 1.54) is 0 Å². The SMILES string of the molecule is O=C(O)Nc1ccc2cc(C(=O)O)n(Cc3cccc4cc(O)ccc34)c2c1. The van der Waals surface area contributed by atoms with Gasteiger partial charge in [-0.3, -0.25) is 5.32 Å². The second-order valence-electron chi connectivity index (χ2n) is 6.45. The zero-order chi connectivity index (χ0) is 19.8. The highest BCUT2D eigenvalue weighted by molar-refractivity contribution is 5.97. The number of carboxylic acids is 1. The number of hydrogen-bond acceptors (Lipinski definition) is 3. The molecule has 0 bridgehead atoms. The molecule has 0 spiro atoms. The van der Waals surface area contributed by atoms with E-state index < -0.39 is 12.1 Å². The van der Waals surface area contributed by atoms with Crippen molar-refractivity contribution >= 4 is 39.4 Å². The molecule has 7 heteroatoms. The first-order chi connectivity index (χ1) is 13.4. The number of aromatic hydroxyl groups is 1. The van der Waals surface area contributed by atoms with Gasteiger partial charge in [0.1, 0.15) is 11.4 Å². The first-order valence-corrected chi connectivity index (χ1v) is 8.49. The fraction of sp³-hybridized carbons (Fsp3) is 0.0476. The number of rotatable bonds is 4. The van der Waals surface area contributed by atoms with Crippen LogP contribution in [0.25, 0.3) is 21.7 Å². The number of phenols is 1. The normalized spacial score (nSPS) is 11.0. The molecular weight excluding hydrogens is 360 g/mol. The molecule has 1 amide bonds. The summed E-state index contributed by atoms with van der Waals surface area (Å²) in [5, 5.41) is 33.0. The number of benzene rings is 3. The van der Waals surface area contributed by atoms with Crippen LogP contribution in [0.4, 0.5) is 10.5 Å². The number of nitrogens with one attached hydrogen (secondary N) is 1. The van der Waals surface area contributed by atoms with Crippen molar-refractivity contribution in [2.24, 2.45) is 0 Å². The third-order valence-electron chi connectivity index (χ3n) is 4.66. The molecule has 0 fully saturated rings. The second kappa shape index (κ2) is 6.62. The Morgan fingerprint density at radius 1 is 0.929 bits per heavy atom. The van der Waals surface area contributed by atoms with E-state index >= 15 is 0 Å². The van der Waals surface area contributed by atoms with Gasteiger partial charge in [0.25, 0.3) is 0 Å². The molecule has 1 aromatic heterocycles. The van der Waals surface area contributed by atoms with Crippen LogP contribution in [0.1, 0.15) is 16.1 Å². The van der Waals surface area contributed by atoms with Crippen molar-refractivity contribution in [3.8, 4) is 5.75 Å². The number of carbonyl (C=O) groups is 2. The second-order valence-corrected chi connectivity index (χ2v) is 6.45. The number of aromatic nitrogens is 1. The van der Waals surface area contributed by atoms with Crippen LogP contribution in [0.15, 0.2) is 60.7 Å². The average Bonchev–Trinajstić information content (AvgIpc) is 2.99. The molecule has 0 aliphatic carbocycles. The minimum Gasteiger partial charge on any atom is -0.508 e. The summed E-state index contributed by atoms with van der Waals surface area (Å²) in [6.07, 6.45) is -1.19. The molecule has 0 saturated carbocycles. The van der Waals surface area contributed by atoms with Gasteiger partial charge in [-0.2, -0.15) is 0 Å². The molecule has 3 aromatic carbocycles. The van der Waals surface area contributed by atoms with Crippen molar-refractivity contribution in [2.45, 2.75) is 6.54 Å². The molecule has 0 atom stereocenters. The van der Waals surface area contributed by atoms with E-state index in [1.807, 2.05) is 18.2 Å². The van der Waals surface area contributed by atoms with Crippen LogP contribution in [0.5, 0.6) is 5.75 Å². The number of phenolic OH excluding ortho intramolecular Hbond substituents is 1. The van der Waals surface area contributed by atoms with Gasteiger partial charge < -0.3 is 19.9 Å². The predicted octanol–water partition coefficient (Wildman–Crippen LogP) is 4.34. The third kappa shape index (κ3) is 3.09. The molecule has 28 heavy (non-hydrogen) atoms. The number of hydrogen-bond donors (Lipinski definition) is 4. The lowest BCUT2D eigenvalue weighted by Gasteiger charge is -2.12. The lowest BCUT2D eigenvalue weighted by Crippen LogP contribution is -2.10. The van der Waals surface area contributed by atoms with Gasteiger partial charge in [-0.25, -0.2) is 9.59 Å². The number of aromatic carboxylic acids is 1. The van der Waals surface area contributed by atoms with Gasteiger partial charge >= 0.3 is 12.1 Å². The number of amides is 1. The maximum Gasteiger partial charge on any atom is 0.409 e. The van der Waals surface area contributed by atoms with Crippen LogP contribution in [0.2, 0.25) is 0 Å². The summed E-state index contributed by atoms with van der Waals surface area (Å²) in [6.45, 7) is 0.282. The highest BCUT2D eigenvalue weighted by Crippen LogP contribution is 2.28. The van der Waals surface area contributed by atoms with E-state index in [0.29, 0.717) is 16.6 Å². The van der Waals surface area contributed by atoms with E-state index in [-0.39, 0.29) is 18.0 Å². The van der Waals surface area contributed by atoms with Gasteiger partial charge in [0.05, 0.1) is 5.52 Å². The lowest BCUT2D eigenvalue weighted by molar-refractivity contribution is 0.0686. The van der Waals surface area contributed by atoms with Crippen molar-refractivity contribution in [3.63, 3.8) is 0 Å². The van der Waals surface area contributed by atoms with Crippen molar-refractivity contribution in [3.05, 3.63) is 71.9 Å². The van der Waals surface area contributed by atoms with Gasteiger partial charge in [-0.1, -0.05) is 30.3 Å². The molecule has 0 radical (unpaired) electrons. The van der Waals surface area contributed by atoms with Gasteiger partial charge in [-0.15, -0.1) is 0 Å². The van der Waals surface area contributed by atoms with E-state index in [4.69, 9.17) is 5.11 Å². The van der Waals surface area contributed by atoms with Crippen LogP contribution in [0, 0.1) is 0 Å². The predicted molar refractivity (Wildman–Crippen MR) is 105 cm³/mol. The van der Waals surface area contributed by atoms with E-state index in [0.717, 1.165) is 16.3 Å². The minimum atomic E-state index is -1.19. The Bertz CT molecular complexity index is 1240. The summed E-state index contributed by atoms with van der Waals surface area (Å²) in [5.41, 5.74) is 1.96. The Hall–Kier alpha value is -4.00. The molecule has 4 aromatic rings. The molecule has 4 rings (SSSR count). The van der Waals surface area contributed by atoms with E-state index in [9.17, 15) is 19.8 Å². The van der Waals surface area contributed by atoms with Crippen LogP contribution in [0.3, 0.4) is 0 Å². The van der Waals surface area contributed by atoms with Crippen molar-refractivity contribution in [1.29, 1.82) is 0 Å². The van der Waals surface area contributed by atoms with Crippen LogP contribution < -0.4 is 5.32 Å². The first-order valence-electron chi connectivity index (χ1n) is 8.49. The highest BCUT2D eigenvalue weighted by Gasteiger charge is 2.16. The Balaban J connectivity index is 1.88. The first kappa shape index (κ1) is 17.4. The van der Waals surface area contributed by atoms with Gasteiger partial charge in [0, 0.05) is 17.6 Å². The molecule has 1 heterocycles. The van der Waals surface area contributed by atoms with E-state index in [2.05, 4.69) is 5.32 Å². The maximum atomic E-state index is 11.8. The Labute approximate surface area is 159 Å². The zero-order valence-electron chi connectivity index (χ0n) is 14.6. The summed E-state index contributed by atoms with van der Waals surface area (Å²) < 4.78 is 1.65. The van der Waals surface area contributed by atoms with Gasteiger partial charge in [0.15, 0.2) is 0 Å². The molecule has 0 saturated heterocycles. The molecule has 0 aliphatic rings. The molecule has 0 aliphatic heterocycles. The largest absolute Gasteiger partial charge is 0.508 e. The van der Waals surface area contributed by atoms with Gasteiger partial charge in [-0.05, 0) is 46.7 Å². The third-order valence-corrected chi connectivity index (χ3v) is 4.66. The lowest BCUT2D eigenvalue weighted by atomic mass is 10.0. The number of fused-ring (bicyclic) bond motifs is 2. The average molecular weight is 376 g/mol. The van der Waals surface area contributed by atoms with E-state index in [1.54, 1.807) is 47.0 Å². The number of carboxylic acid groups (broad SMARTS) is 2. The Morgan fingerprint density at radius 3 is 2.50 bits per heavy atom. The summed E-state index contributed by atoms with van der Waals surface area (Å²) in [4.78, 5) is 22.7. The number of anilines is 1. The fourth-order valence-corrected chi connectivity index (χ4v) is 3.45. The molecule has 0 unspecified atom stereocenters. The summed E-state index contributed by atoms with van der Waals surface area (Å²) in [5.74, 6) is -0.909. The van der Waals surface area contributed by atoms with Gasteiger partial charge in [0.2, 0.25) is 0 Å². The Kier molecular flexibility index (Phi) is 4.12. The van der Waals surface area contributed by atoms with Crippen molar-refractivity contribution in [2.75, 3.05) is 5.32 Å².